The number of fused-ring (bicyclic) bond motifs is 1. The molecule has 7 aromatic heterocycles. The fourth-order valence-corrected chi connectivity index (χ4v) is 19.1. The summed E-state index contributed by atoms with van der Waals surface area (Å²) in [5, 5.41) is 102. The maximum atomic E-state index is 12.3. The van der Waals surface area contributed by atoms with Crippen molar-refractivity contribution < 1.29 is 151 Å². The number of thioether (sulfide) groups is 7. The summed E-state index contributed by atoms with van der Waals surface area (Å²) in [7, 11) is 0. The number of hydrogen-bond donors (Lipinski definition) is 2. The van der Waals surface area contributed by atoms with Gasteiger partial charge in [0.2, 0.25) is 0 Å². The number of alkyl halides is 2. The molecule has 4 fully saturated rings. The first-order chi connectivity index (χ1) is 68.1. The van der Waals surface area contributed by atoms with Gasteiger partial charge in [0.25, 0.3) is 0 Å². The molecule has 0 saturated heterocycles. The van der Waals surface area contributed by atoms with E-state index in [1.54, 1.807) is 52.7 Å². The van der Waals surface area contributed by atoms with Crippen molar-refractivity contribution in [3.8, 4) is 24.3 Å². The molecule has 12 rings (SSSR count). The summed E-state index contributed by atoms with van der Waals surface area (Å²) in [4.78, 5) is 155. The van der Waals surface area contributed by atoms with Crippen molar-refractivity contribution in [3.63, 3.8) is 0 Å². The van der Waals surface area contributed by atoms with Crippen LogP contribution in [0.5, 0.6) is 0 Å². The molecule has 796 valence electrons. The van der Waals surface area contributed by atoms with Gasteiger partial charge in [0.15, 0.2) is 41.8 Å². The largest absolute Gasteiger partial charge is 1.00 e. The molecule has 0 amide bonds. The van der Waals surface area contributed by atoms with Crippen LogP contribution >= 0.6 is 114 Å². The van der Waals surface area contributed by atoms with E-state index in [4.69, 9.17) is 47.8 Å². The summed E-state index contributed by atoms with van der Waals surface area (Å²) < 4.78 is 20.0. The molecule has 0 aliphatic heterocycles. The predicted molar refractivity (Wildman–Crippen MR) is 564 cm³/mol. The van der Waals surface area contributed by atoms with Crippen LogP contribution in [0.1, 0.15) is 255 Å². The number of halogens is 2. The molecule has 56 heteroatoms. The van der Waals surface area contributed by atoms with Crippen LogP contribution in [0.2, 0.25) is 0 Å². The Morgan fingerprint density at radius 1 is 0.459 bits per heavy atom. The molecule has 5 aliphatic carbocycles. The van der Waals surface area contributed by atoms with Crippen molar-refractivity contribution in [2.75, 3.05) is 81.3 Å². The first kappa shape index (κ1) is 143. The van der Waals surface area contributed by atoms with Gasteiger partial charge >= 0.3 is 104 Å². The molecule has 7 heterocycles. The second-order valence-corrected chi connectivity index (χ2v) is 37.6. The summed E-state index contributed by atoms with van der Waals surface area (Å²) in [6.45, 7) is 15.0. The van der Waals surface area contributed by atoms with Crippen molar-refractivity contribution in [3.05, 3.63) is 157 Å². The average molecular weight is 2430 g/mol. The second kappa shape index (κ2) is 76.6. The van der Waals surface area contributed by atoms with Gasteiger partial charge in [0.05, 0.1) is 135 Å². The monoisotopic (exact) mass is 2420 g/mol. The van der Waals surface area contributed by atoms with Gasteiger partial charge in [-0.25, -0.2) is 69.8 Å². The molecular weight excluding hydrogens is 2300 g/mol. The molecule has 148 heavy (non-hydrogen) atoms. The maximum Gasteiger partial charge on any atom is 1.00 e. The number of esters is 4. The summed E-state index contributed by atoms with van der Waals surface area (Å²) >= 11 is 15.6. The molecular formula is C92H123Br2FeKN26O18S7Zn. The Bertz CT molecular complexity index is 5760. The number of nitrogen functional groups attached to an aromatic ring is 1. The maximum absolute atomic E-state index is 12.3. The number of anilines is 1. The van der Waals surface area contributed by atoms with E-state index in [1.807, 2.05) is 44.2 Å². The van der Waals surface area contributed by atoms with Crippen molar-refractivity contribution in [2.24, 2.45) is 22.0 Å². The molecule has 0 spiro atoms. The topological polar surface area (TPSA) is 672 Å². The van der Waals surface area contributed by atoms with Crippen LogP contribution in [0.15, 0.2) is 90.7 Å². The molecule has 0 radical (unpaired) electrons. The molecule has 2 unspecified atom stereocenters. The van der Waals surface area contributed by atoms with Gasteiger partial charge in [0.1, 0.15) is 71.1 Å². The fraction of sp³-hybridized carbons (Fsp3) is 0.554. The molecule has 4 saturated carbocycles. The number of hydrogen-bond acceptors (Lipinski definition) is 46. The van der Waals surface area contributed by atoms with Gasteiger partial charge in [-0.15, -0.1) is 0 Å². The fourth-order valence-electron chi connectivity index (χ4n) is 16.1. The van der Waals surface area contributed by atoms with Crippen LogP contribution in [-0.4, -0.2) is 194 Å². The minimum Gasteiger partial charge on any atom is -0.512 e. The Balaban J connectivity index is -0.00000165. The van der Waals surface area contributed by atoms with Crippen LogP contribution in [-0.2, 0) is 92.8 Å². The van der Waals surface area contributed by atoms with E-state index < -0.39 is 47.3 Å². The van der Waals surface area contributed by atoms with Gasteiger partial charge in [0, 0.05) is 82.2 Å². The van der Waals surface area contributed by atoms with Crippen molar-refractivity contribution in [1.82, 2.24) is 69.8 Å². The number of rotatable bonds is 31. The number of aromatic nitrogens is 14. The number of nitrogens with two attached hydrogens (primary N) is 2. The van der Waals surface area contributed by atoms with E-state index in [0.29, 0.717) is 115 Å². The van der Waals surface area contributed by atoms with E-state index in [1.165, 1.54) is 107 Å². The second-order valence-electron chi connectivity index (χ2n) is 31.0. The molecule has 0 bridgehead atoms. The van der Waals surface area contributed by atoms with Gasteiger partial charge < -0.3 is 42.2 Å². The number of carbonyl (C=O) groups excluding carboxylic acids is 4. The quantitative estimate of drug-likeness (QED) is 0.00389. The van der Waals surface area contributed by atoms with Crippen molar-refractivity contribution in [2.45, 2.75) is 271 Å². The van der Waals surface area contributed by atoms with Crippen molar-refractivity contribution in [1.29, 1.82) is 26.3 Å². The van der Waals surface area contributed by atoms with Crippen molar-refractivity contribution >= 4 is 183 Å². The minimum absolute atomic E-state index is 0. The van der Waals surface area contributed by atoms with Crippen LogP contribution in [0.4, 0.5) is 34.1 Å². The first-order valence-corrected chi connectivity index (χ1v) is 55.0. The van der Waals surface area contributed by atoms with Crippen LogP contribution < -0.4 is 62.9 Å². The SMILES string of the molecule is C.C.C.CCOC(=O)CBr.CCOC(=O)CC1(C(C#N)c2nc(SC)ncc2N)CCCCC1.CCOC(=O)CC1(C(C#N)c2nc(SC)ncc2[N+](=O)[O-])CCCCC1.CCOC(=O)CC1(C2=C(N)Cc3cnc(SC)nc32)CCCCC1.CSc1ncc([N+](=O)[O-])c(C(C#N)=C2CCCCC2)n1.CSc1ncc([N+](=O)[O-])c(C)n1.CSc1ncc([N+](=O)[O-])c(CBr)n1.CSc1ncc([N+](=O)[O-])c(CC#N)n1.[C-]#N.[Fe].[K+].[Zn]. The smallest absolute Gasteiger partial charge is 0.512 e. The number of aryl methyl sites for hydroxylation is 1. The van der Waals surface area contributed by atoms with E-state index in [0.717, 1.165) is 155 Å². The Kier molecular flexibility index (Phi) is 74.2. The number of carbonyl (C=O) groups is 4. The molecule has 0 aromatic carbocycles. The molecule has 4 N–H and O–H groups in total. The van der Waals surface area contributed by atoms with Gasteiger partial charge in [-0.2, -0.15) is 21.0 Å². The first-order valence-electron chi connectivity index (χ1n) is 44.2. The third-order valence-corrected chi connectivity index (χ3v) is 27.3. The zero-order valence-corrected chi connectivity index (χ0v) is 98.6. The number of nitriles is 4. The van der Waals surface area contributed by atoms with Crippen LogP contribution in [0, 0.1) is 131 Å². The molecule has 44 nitrogen and oxygen atoms in total. The Labute approximate surface area is 975 Å². The summed E-state index contributed by atoms with van der Waals surface area (Å²) in [5.74, 6) is -2.36. The zero-order valence-electron chi connectivity index (χ0n) is 82.5. The van der Waals surface area contributed by atoms with Crippen LogP contribution in [0.25, 0.3) is 11.1 Å². The van der Waals surface area contributed by atoms with E-state index >= 15 is 0 Å². The third kappa shape index (κ3) is 44.1. The summed E-state index contributed by atoms with van der Waals surface area (Å²) in [6.07, 6.45) is 42.5. The van der Waals surface area contributed by atoms with E-state index in [2.05, 4.69) is 120 Å². The number of nitro groups is 5. The number of ether oxygens (including phenoxy) is 4. The average Bonchev–Trinajstić information content (AvgIpc) is 1.62. The zero-order chi connectivity index (χ0) is 106. The normalized spacial score (nSPS) is 14.0. The molecule has 7 aromatic rings. The number of allylic oxidation sites excluding steroid dienone is 4. The Morgan fingerprint density at radius 3 is 1.20 bits per heavy atom. The van der Waals surface area contributed by atoms with E-state index in [9.17, 15) is 85.5 Å². The Morgan fingerprint density at radius 2 is 0.804 bits per heavy atom. The third-order valence-electron chi connectivity index (χ3n) is 22.4. The van der Waals surface area contributed by atoms with Gasteiger partial charge in [-0.05, 0) is 148 Å². The van der Waals surface area contributed by atoms with Gasteiger partial charge in [-0.3, -0.25) is 69.7 Å². The summed E-state index contributed by atoms with van der Waals surface area (Å²) in [5.41, 5.74) is 17.9. The van der Waals surface area contributed by atoms with Gasteiger partial charge in [-0.1, -0.05) is 201 Å². The molecule has 5 aliphatic rings. The minimum atomic E-state index is -0.860. The summed E-state index contributed by atoms with van der Waals surface area (Å²) in [6, 6.07) is 8.53. The van der Waals surface area contributed by atoms with Crippen LogP contribution in [0.3, 0.4) is 0 Å². The Hall–Kier alpha value is -8.84. The molecule has 2 atom stereocenters. The predicted octanol–water partition coefficient (Wildman–Crippen LogP) is 18.1. The standard InChI is InChI=1S/C18H25N3O2S.C17H22N4O4S.C17H24N4O2S.C13H14N4O2S.C7H6N4O2S.C6H6BrN3O2S.C6H7N3O2S.C4H7BrO2.CN.3CH4.Fe.K.Zn/c1-3-23-14(22)10-18(7-5-4-6-8-18)15-13(19)9-12-11-20-17(24-2)21-16(12)15;1-3-25-14(22)9-17(7-5-4-6-8-17)12(10-18)15-13(21(23)24)11-19-16(20-15)26-2;1-3-23-14(22)9-17(7-5-4-6-8-17)12(10-18)15-13(19)11-20-16(21-15)24-2;1-20-13-15-8-11(17(18)19)12(16-13)10(7-14)9-5-3-2-4-6-9;1-14-7-9-4-6(11(12)13)5(10-7)2-3-8;1-13-6-8-3-5(10(11)12)4(2-7)9-6;1-4-5(9(10)11)3-7-6(8-4)12-2;1-2-7-4(6)3-5;1-2;;;;;;/h11H,3-10,19H2,1-2H3;11-12H,3-9H2,1-2H3;11-12H,3-9,19H2,1-2H3;8H,2-6H2,1H3;4H,2H2,1H3;3H,2H2,1H3;3H,1-2H3;2-3H2,1H3;;3*1H4;;;/q;;;;;;;;-1;;;;;+1;. The number of nitrogens with zero attached hydrogens (tertiary/aromatic N) is 24. The van der Waals surface area contributed by atoms with E-state index in [-0.39, 0.29) is 211 Å².